The molecule has 0 radical (unpaired) electrons. The number of hydrogen-bond acceptors (Lipinski definition) is 4. The first-order chi connectivity index (χ1) is 13.3. The number of halogens is 1. The van der Waals surface area contributed by atoms with Crippen LogP contribution in [0.25, 0.3) is 0 Å². The van der Waals surface area contributed by atoms with Gasteiger partial charge >= 0.3 is 0 Å². The smallest absolute Gasteiger partial charge is 0.166 e. The van der Waals surface area contributed by atoms with Crippen LogP contribution in [-0.4, -0.2) is 14.2 Å². The molecule has 0 aromatic heterocycles. The maximum absolute atomic E-state index is 6.10. The molecule has 3 aromatic rings. The van der Waals surface area contributed by atoms with Gasteiger partial charge in [0.1, 0.15) is 12.4 Å². The van der Waals surface area contributed by atoms with E-state index in [1.807, 2.05) is 42.5 Å². The van der Waals surface area contributed by atoms with Gasteiger partial charge in [-0.2, -0.15) is 0 Å². The van der Waals surface area contributed by atoms with Gasteiger partial charge in [0.25, 0.3) is 0 Å². The van der Waals surface area contributed by atoms with Gasteiger partial charge in [0, 0.05) is 18.7 Å². The maximum atomic E-state index is 6.10. The molecule has 0 aliphatic rings. The SMILES string of the molecule is COc1ccc(CNCc2cccc(OC)c2OCc2ccccc2)cc1.Cl. The summed E-state index contributed by atoms with van der Waals surface area (Å²) in [6.07, 6.45) is 0. The van der Waals surface area contributed by atoms with Crippen LogP contribution in [0.15, 0.2) is 72.8 Å². The van der Waals surface area contributed by atoms with Gasteiger partial charge in [-0.15, -0.1) is 12.4 Å². The zero-order chi connectivity index (χ0) is 18.9. The first kappa shape index (κ1) is 21.6. The van der Waals surface area contributed by atoms with Crippen molar-refractivity contribution in [1.82, 2.24) is 5.32 Å². The summed E-state index contributed by atoms with van der Waals surface area (Å²) in [4.78, 5) is 0. The van der Waals surface area contributed by atoms with Gasteiger partial charge in [-0.1, -0.05) is 54.6 Å². The fourth-order valence-electron chi connectivity index (χ4n) is 2.84. The van der Waals surface area contributed by atoms with Crippen LogP contribution in [-0.2, 0) is 19.7 Å². The van der Waals surface area contributed by atoms with E-state index in [2.05, 4.69) is 35.6 Å². The summed E-state index contributed by atoms with van der Waals surface area (Å²) < 4.78 is 16.8. The molecule has 0 atom stereocenters. The maximum Gasteiger partial charge on any atom is 0.166 e. The van der Waals surface area contributed by atoms with E-state index in [0.29, 0.717) is 13.2 Å². The highest BCUT2D eigenvalue weighted by Crippen LogP contribution is 2.31. The Morgan fingerprint density at radius 2 is 1.46 bits per heavy atom. The lowest BCUT2D eigenvalue weighted by atomic mass is 10.1. The van der Waals surface area contributed by atoms with E-state index >= 15 is 0 Å². The largest absolute Gasteiger partial charge is 0.497 e. The zero-order valence-electron chi connectivity index (χ0n) is 16.2. The van der Waals surface area contributed by atoms with E-state index in [9.17, 15) is 0 Å². The lowest BCUT2D eigenvalue weighted by molar-refractivity contribution is 0.280. The van der Waals surface area contributed by atoms with Gasteiger partial charge in [0.05, 0.1) is 14.2 Å². The molecule has 0 aliphatic carbocycles. The number of ether oxygens (including phenoxy) is 3. The summed E-state index contributed by atoms with van der Waals surface area (Å²) in [5.41, 5.74) is 3.39. The molecule has 0 amide bonds. The molecular formula is C23H26ClNO3. The van der Waals surface area contributed by atoms with Crippen LogP contribution in [0.3, 0.4) is 0 Å². The molecule has 0 unspecified atom stereocenters. The first-order valence-electron chi connectivity index (χ1n) is 8.96. The van der Waals surface area contributed by atoms with E-state index in [4.69, 9.17) is 14.2 Å². The van der Waals surface area contributed by atoms with Gasteiger partial charge in [-0.25, -0.2) is 0 Å². The molecule has 5 heteroatoms. The second-order valence-corrected chi connectivity index (χ2v) is 6.17. The fraction of sp³-hybridized carbons (Fsp3) is 0.217. The Morgan fingerprint density at radius 1 is 0.714 bits per heavy atom. The van der Waals surface area contributed by atoms with E-state index in [0.717, 1.165) is 34.9 Å². The van der Waals surface area contributed by atoms with Crippen LogP contribution in [0.4, 0.5) is 0 Å². The van der Waals surface area contributed by atoms with Crippen molar-refractivity contribution in [2.24, 2.45) is 0 Å². The summed E-state index contributed by atoms with van der Waals surface area (Å²) in [5, 5.41) is 3.47. The second kappa shape index (κ2) is 11.2. The van der Waals surface area contributed by atoms with Crippen LogP contribution < -0.4 is 19.5 Å². The average molecular weight is 400 g/mol. The minimum Gasteiger partial charge on any atom is -0.497 e. The van der Waals surface area contributed by atoms with Crippen molar-refractivity contribution in [3.05, 3.63) is 89.5 Å². The number of nitrogens with one attached hydrogen (secondary N) is 1. The molecule has 28 heavy (non-hydrogen) atoms. The van der Waals surface area contributed by atoms with Gasteiger partial charge in [0.15, 0.2) is 11.5 Å². The van der Waals surface area contributed by atoms with Crippen molar-refractivity contribution in [3.63, 3.8) is 0 Å². The third kappa shape index (κ3) is 5.91. The molecule has 0 aliphatic heterocycles. The average Bonchev–Trinajstić information content (AvgIpc) is 2.73. The topological polar surface area (TPSA) is 39.7 Å². The van der Waals surface area contributed by atoms with Crippen molar-refractivity contribution >= 4 is 12.4 Å². The Morgan fingerprint density at radius 3 is 2.14 bits per heavy atom. The number of hydrogen-bond donors (Lipinski definition) is 1. The Bertz CT molecular complexity index is 838. The van der Waals surface area contributed by atoms with Gasteiger partial charge < -0.3 is 19.5 Å². The Kier molecular flexibility index (Phi) is 8.66. The van der Waals surface area contributed by atoms with Gasteiger partial charge in [-0.3, -0.25) is 0 Å². The lowest BCUT2D eigenvalue weighted by Gasteiger charge is -2.16. The summed E-state index contributed by atoms with van der Waals surface area (Å²) in [6, 6.07) is 24.2. The Balaban J connectivity index is 0.00000280. The number of rotatable bonds is 9. The molecule has 0 spiro atoms. The monoisotopic (exact) mass is 399 g/mol. The fourth-order valence-corrected chi connectivity index (χ4v) is 2.84. The van der Waals surface area contributed by atoms with Gasteiger partial charge in [0.2, 0.25) is 0 Å². The molecule has 0 heterocycles. The molecule has 4 nitrogen and oxygen atoms in total. The predicted molar refractivity (Wildman–Crippen MR) is 115 cm³/mol. The molecule has 3 rings (SSSR count). The first-order valence-corrected chi connectivity index (χ1v) is 8.96. The van der Waals surface area contributed by atoms with Crippen molar-refractivity contribution in [3.8, 4) is 17.2 Å². The van der Waals surface area contributed by atoms with Crippen LogP contribution in [0.2, 0.25) is 0 Å². The number of methoxy groups -OCH3 is 2. The normalized spacial score (nSPS) is 10.1. The highest BCUT2D eigenvalue weighted by molar-refractivity contribution is 5.85. The van der Waals surface area contributed by atoms with Crippen LogP contribution in [0.5, 0.6) is 17.2 Å². The summed E-state index contributed by atoms with van der Waals surface area (Å²) in [7, 11) is 3.34. The van der Waals surface area contributed by atoms with E-state index in [1.165, 1.54) is 5.56 Å². The minimum absolute atomic E-state index is 0. The van der Waals surface area contributed by atoms with Crippen LogP contribution in [0, 0.1) is 0 Å². The molecule has 0 fully saturated rings. The third-order valence-electron chi connectivity index (χ3n) is 4.31. The van der Waals surface area contributed by atoms with Crippen LogP contribution >= 0.6 is 12.4 Å². The lowest BCUT2D eigenvalue weighted by Crippen LogP contribution is -2.14. The molecule has 0 saturated heterocycles. The minimum atomic E-state index is 0. The second-order valence-electron chi connectivity index (χ2n) is 6.17. The Labute approximate surface area is 172 Å². The quantitative estimate of drug-likeness (QED) is 0.550. The van der Waals surface area contributed by atoms with Gasteiger partial charge in [-0.05, 0) is 29.3 Å². The number of benzene rings is 3. The van der Waals surface area contributed by atoms with Crippen LogP contribution in [0.1, 0.15) is 16.7 Å². The standard InChI is InChI=1S/C23H25NO3.ClH/c1-25-21-13-11-18(12-14-21)15-24-16-20-9-6-10-22(26-2)23(20)27-17-19-7-4-3-5-8-19;/h3-14,24H,15-17H2,1-2H3;1H. The third-order valence-corrected chi connectivity index (χ3v) is 4.31. The van der Waals surface area contributed by atoms with E-state index in [1.54, 1.807) is 14.2 Å². The van der Waals surface area contributed by atoms with Crippen molar-refractivity contribution in [2.45, 2.75) is 19.7 Å². The summed E-state index contributed by atoms with van der Waals surface area (Å²) in [5.74, 6) is 2.39. The van der Waals surface area contributed by atoms with Crippen molar-refractivity contribution < 1.29 is 14.2 Å². The van der Waals surface area contributed by atoms with Crippen molar-refractivity contribution in [2.75, 3.05) is 14.2 Å². The molecule has 0 bridgehead atoms. The molecular weight excluding hydrogens is 374 g/mol. The summed E-state index contributed by atoms with van der Waals surface area (Å²) >= 11 is 0. The predicted octanol–water partition coefficient (Wildman–Crippen LogP) is 4.99. The molecule has 3 aromatic carbocycles. The Hall–Kier alpha value is -2.69. The number of para-hydroxylation sites is 1. The highest BCUT2D eigenvalue weighted by Gasteiger charge is 2.11. The molecule has 1 N–H and O–H groups in total. The van der Waals surface area contributed by atoms with E-state index < -0.39 is 0 Å². The summed E-state index contributed by atoms with van der Waals surface area (Å²) in [6.45, 7) is 1.96. The zero-order valence-corrected chi connectivity index (χ0v) is 17.0. The van der Waals surface area contributed by atoms with E-state index in [-0.39, 0.29) is 12.4 Å². The molecule has 0 saturated carbocycles. The molecule has 148 valence electrons. The highest BCUT2D eigenvalue weighted by atomic mass is 35.5. The van der Waals surface area contributed by atoms with Crippen molar-refractivity contribution in [1.29, 1.82) is 0 Å².